The van der Waals surface area contributed by atoms with Crippen molar-refractivity contribution in [2.75, 3.05) is 0 Å². The number of hydrogen-bond donors (Lipinski definition) is 0. The molecule has 0 atom stereocenters. The van der Waals surface area contributed by atoms with Crippen LogP contribution in [-0.4, -0.2) is 0 Å². The van der Waals surface area contributed by atoms with E-state index in [0.29, 0.717) is 15.1 Å². The van der Waals surface area contributed by atoms with Crippen LogP contribution in [0.15, 0.2) is 36.4 Å². The molecule has 2 rings (SSSR count). The average molecular weight is 322 g/mol. The molecule has 0 saturated heterocycles. The van der Waals surface area contributed by atoms with Gasteiger partial charge in [-0.05, 0) is 37.1 Å². The second kappa shape index (κ2) is 7.25. The van der Waals surface area contributed by atoms with Crippen molar-refractivity contribution >= 4 is 46.4 Å². The topological polar surface area (TPSA) is 0 Å². The maximum atomic E-state index is 5.77. The molecule has 0 spiro atoms. The van der Waals surface area contributed by atoms with Gasteiger partial charge in [-0.1, -0.05) is 70.7 Å². The summed E-state index contributed by atoms with van der Waals surface area (Å²) in [5, 5.41) is 2.31. The SMILES string of the molecule is Cc1ccc(Cl)c(Cl)c1Cl.Cc1ccccc1Cl. The highest BCUT2D eigenvalue weighted by atomic mass is 35.5. The highest BCUT2D eigenvalue weighted by molar-refractivity contribution is 6.48. The molecule has 18 heavy (non-hydrogen) atoms. The van der Waals surface area contributed by atoms with E-state index in [1.807, 2.05) is 44.2 Å². The predicted molar refractivity (Wildman–Crippen MR) is 82.4 cm³/mol. The second-order valence-corrected chi connectivity index (χ2v) is 5.31. The summed E-state index contributed by atoms with van der Waals surface area (Å²) in [6, 6.07) is 11.3. The number of hydrogen-bond acceptors (Lipinski definition) is 0. The molecular formula is C14H12Cl4. The van der Waals surface area contributed by atoms with Gasteiger partial charge < -0.3 is 0 Å². The van der Waals surface area contributed by atoms with Gasteiger partial charge in [0.15, 0.2) is 0 Å². The predicted octanol–water partition coefficient (Wildman–Crippen LogP) is 6.60. The van der Waals surface area contributed by atoms with Crippen LogP contribution < -0.4 is 0 Å². The van der Waals surface area contributed by atoms with E-state index < -0.39 is 0 Å². The third-order valence-electron chi connectivity index (χ3n) is 2.30. The Morgan fingerprint density at radius 1 is 0.611 bits per heavy atom. The number of halogens is 4. The molecule has 0 amide bonds. The fourth-order valence-corrected chi connectivity index (χ4v) is 1.89. The minimum absolute atomic E-state index is 0.434. The van der Waals surface area contributed by atoms with Crippen LogP contribution in [0.1, 0.15) is 11.1 Å². The minimum Gasteiger partial charge on any atom is -0.0841 e. The van der Waals surface area contributed by atoms with Gasteiger partial charge in [0.25, 0.3) is 0 Å². The lowest BCUT2D eigenvalue weighted by molar-refractivity contribution is 1.47. The van der Waals surface area contributed by atoms with Crippen LogP contribution in [0.25, 0.3) is 0 Å². The summed E-state index contributed by atoms with van der Waals surface area (Å²) in [5.41, 5.74) is 2.07. The molecule has 0 N–H and O–H groups in total. The first-order valence-electron chi connectivity index (χ1n) is 5.24. The smallest absolute Gasteiger partial charge is 0.0781 e. The van der Waals surface area contributed by atoms with E-state index in [0.717, 1.165) is 16.1 Å². The Kier molecular flexibility index (Phi) is 6.31. The Bertz CT molecular complexity index is 487. The molecule has 0 aromatic heterocycles. The first kappa shape index (κ1) is 15.7. The quantitative estimate of drug-likeness (QED) is 0.479. The maximum Gasteiger partial charge on any atom is 0.0781 e. The van der Waals surface area contributed by atoms with Gasteiger partial charge in [0, 0.05) is 5.02 Å². The van der Waals surface area contributed by atoms with Crippen LogP contribution in [0, 0.1) is 13.8 Å². The van der Waals surface area contributed by atoms with Gasteiger partial charge in [-0.25, -0.2) is 0 Å². The van der Waals surface area contributed by atoms with Gasteiger partial charge in [-0.2, -0.15) is 0 Å². The van der Waals surface area contributed by atoms with Crippen LogP contribution in [0.5, 0.6) is 0 Å². The van der Waals surface area contributed by atoms with Gasteiger partial charge in [0.1, 0.15) is 0 Å². The molecule has 4 heteroatoms. The van der Waals surface area contributed by atoms with E-state index in [1.54, 1.807) is 6.07 Å². The summed E-state index contributed by atoms with van der Waals surface area (Å²) in [4.78, 5) is 0. The molecule has 0 aliphatic heterocycles. The van der Waals surface area contributed by atoms with Gasteiger partial charge in [-0.15, -0.1) is 0 Å². The Hall–Kier alpha value is -0.400. The molecule has 96 valence electrons. The van der Waals surface area contributed by atoms with Crippen LogP contribution >= 0.6 is 46.4 Å². The molecule has 0 unspecified atom stereocenters. The summed E-state index contributed by atoms with van der Waals surface area (Å²) in [7, 11) is 0. The van der Waals surface area contributed by atoms with Crippen LogP contribution in [0.4, 0.5) is 0 Å². The summed E-state index contributed by atoms with van der Waals surface area (Å²) < 4.78 is 0. The number of benzene rings is 2. The first-order chi connectivity index (χ1) is 8.43. The zero-order valence-electron chi connectivity index (χ0n) is 9.98. The molecule has 0 bridgehead atoms. The summed E-state index contributed by atoms with van der Waals surface area (Å²) in [6.45, 7) is 3.87. The van der Waals surface area contributed by atoms with Crippen molar-refractivity contribution in [3.63, 3.8) is 0 Å². The largest absolute Gasteiger partial charge is 0.0841 e. The lowest BCUT2D eigenvalue weighted by atomic mass is 10.2. The third kappa shape index (κ3) is 4.37. The van der Waals surface area contributed by atoms with E-state index in [1.165, 1.54) is 0 Å². The van der Waals surface area contributed by atoms with Crippen LogP contribution in [-0.2, 0) is 0 Å². The van der Waals surface area contributed by atoms with Crippen molar-refractivity contribution in [3.8, 4) is 0 Å². The molecule has 2 aromatic carbocycles. The summed E-state index contributed by atoms with van der Waals surface area (Å²) in [5.74, 6) is 0. The van der Waals surface area contributed by atoms with Gasteiger partial charge in [-0.3, -0.25) is 0 Å². The van der Waals surface area contributed by atoms with Crippen molar-refractivity contribution in [2.24, 2.45) is 0 Å². The summed E-state index contributed by atoms with van der Waals surface area (Å²) >= 11 is 22.9. The van der Waals surface area contributed by atoms with Crippen molar-refractivity contribution in [3.05, 3.63) is 67.6 Å². The number of rotatable bonds is 0. The van der Waals surface area contributed by atoms with Crippen molar-refractivity contribution in [1.29, 1.82) is 0 Å². The fraction of sp³-hybridized carbons (Fsp3) is 0.143. The Balaban J connectivity index is 0.000000184. The Labute approximate surface area is 127 Å². The normalized spacial score (nSPS) is 9.67. The molecule has 0 radical (unpaired) electrons. The molecule has 0 fully saturated rings. The first-order valence-corrected chi connectivity index (χ1v) is 6.76. The molecule has 0 aliphatic rings. The third-order valence-corrected chi connectivity index (χ3v) is 4.12. The Morgan fingerprint density at radius 3 is 1.67 bits per heavy atom. The molecular weight excluding hydrogens is 310 g/mol. The Morgan fingerprint density at radius 2 is 1.22 bits per heavy atom. The molecule has 0 heterocycles. The van der Waals surface area contributed by atoms with Gasteiger partial charge >= 0.3 is 0 Å². The zero-order chi connectivity index (χ0) is 13.7. The van der Waals surface area contributed by atoms with Crippen LogP contribution in [0.3, 0.4) is 0 Å². The van der Waals surface area contributed by atoms with Gasteiger partial charge in [0.05, 0.1) is 15.1 Å². The second-order valence-electron chi connectivity index (χ2n) is 3.74. The van der Waals surface area contributed by atoms with E-state index in [9.17, 15) is 0 Å². The van der Waals surface area contributed by atoms with E-state index in [4.69, 9.17) is 46.4 Å². The molecule has 0 saturated carbocycles. The molecule has 2 aromatic rings. The highest BCUT2D eigenvalue weighted by Gasteiger charge is 2.03. The van der Waals surface area contributed by atoms with Crippen molar-refractivity contribution < 1.29 is 0 Å². The average Bonchev–Trinajstić information content (AvgIpc) is 2.36. The molecule has 0 aliphatic carbocycles. The van der Waals surface area contributed by atoms with E-state index in [2.05, 4.69) is 0 Å². The minimum atomic E-state index is 0.434. The maximum absolute atomic E-state index is 5.77. The molecule has 0 nitrogen and oxygen atoms in total. The highest BCUT2D eigenvalue weighted by Crippen LogP contribution is 2.31. The monoisotopic (exact) mass is 320 g/mol. The zero-order valence-corrected chi connectivity index (χ0v) is 13.0. The van der Waals surface area contributed by atoms with Crippen molar-refractivity contribution in [2.45, 2.75) is 13.8 Å². The van der Waals surface area contributed by atoms with Gasteiger partial charge in [0.2, 0.25) is 0 Å². The van der Waals surface area contributed by atoms with Crippen molar-refractivity contribution in [1.82, 2.24) is 0 Å². The standard InChI is InChI=1S/C7H5Cl3.C7H7Cl/c1-4-2-3-5(8)7(10)6(4)9;1-6-4-2-3-5-7(6)8/h2-3H,1H3;2-5H,1H3. The lowest BCUT2D eigenvalue weighted by Gasteiger charge is -2.00. The lowest BCUT2D eigenvalue weighted by Crippen LogP contribution is -1.76. The van der Waals surface area contributed by atoms with E-state index >= 15 is 0 Å². The van der Waals surface area contributed by atoms with E-state index in [-0.39, 0.29) is 0 Å². The number of aryl methyl sites for hydroxylation is 2. The van der Waals surface area contributed by atoms with Crippen LogP contribution in [0.2, 0.25) is 20.1 Å². The fourth-order valence-electron chi connectivity index (χ4n) is 1.17. The summed E-state index contributed by atoms with van der Waals surface area (Å²) in [6.07, 6.45) is 0.